The van der Waals surface area contributed by atoms with E-state index in [9.17, 15) is 9.59 Å². The van der Waals surface area contributed by atoms with Crippen LogP contribution in [0.15, 0.2) is 24.3 Å². The lowest BCUT2D eigenvalue weighted by Gasteiger charge is -2.24. The zero-order valence-corrected chi connectivity index (χ0v) is 11.9. The van der Waals surface area contributed by atoms with Gasteiger partial charge in [-0.2, -0.15) is 0 Å². The van der Waals surface area contributed by atoms with E-state index in [0.717, 1.165) is 25.7 Å². The smallest absolute Gasteiger partial charge is 0.317 e. The molecule has 1 aromatic carbocycles. The second-order valence-corrected chi connectivity index (χ2v) is 5.89. The quantitative estimate of drug-likeness (QED) is 0.868. The third kappa shape index (κ3) is 3.35. The third-order valence-corrected chi connectivity index (χ3v) is 4.19. The van der Waals surface area contributed by atoms with Crippen molar-refractivity contribution >= 4 is 12.0 Å². The number of carboxylic acid groups (broad SMARTS) is 1. The summed E-state index contributed by atoms with van der Waals surface area (Å²) in [6.45, 7) is 0.297. The fourth-order valence-corrected chi connectivity index (χ4v) is 2.97. The van der Waals surface area contributed by atoms with Gasteiger partial charge in [0.1, 0.15) is 0 Å². The van der Waals surface area contributed by atoms with E-state index in [1.807, 2.05) is 12.1 Å². The largest absolute Gasteiger partial charge is 0.481 e. The number of hydrogen-bond donors (Lipinski definition) is 2. The molecular formula is C16H20N2O3. The topological polar surface area (TPSA) is 69.6 Å². The fraction of sp³-hybridized carbons (Fsp3) is 0.500. The number of fused-ring (bicyclic) bond motifs is 1. The van der Waals surface area contributed by atoms with Gasteiger partial charge in [-0.05, 0) is 36.8 Å². The lowest BCUT2D eigenvalue weighted by molar-refractivity contribution is -0.137. The van der Waals surface area contributed by atoms with Gasteiger partial charge >= 0.3 is 12.0 Å². The van der Waals surface area contributed by atoms with Gasteiger partial charge in [0.15, 0.2) is 0 Å². The third-order valence-electron chi connectivity index (χ3n) is 4.19. The van der Waals surface area contributed by atoms with E-state index in [-0.39, 0.29) is 24.5 Å². The highest BCUT2D eigenvalue weighted by Gasteiger charge is 2.34. The molecule has 0 spiro atoms. The van der Waals surface area contributed by atoms with Gasteiger partial charge in [-0.15, -0.1) is 0 Å². The standard InChI is InChI=1S/C16H20N2O3/c19-15(20)7-8-18(14-5-6-14)16(21)17-13-9-11-3-1-2-4-12(11)10-13/h1-4,13-14H,5-10H2,(H,17,21)(H,19,20). The Morgan fingerprint density at radius 1 is 1.19 bits per heavy atom. The Bertz CT molecular complexity index is 529. The molecule has 2 aliphatic rings. The van der Waals surface area contributed by atoms with Crippen LogP contribution in [0.3, 0.4) is 0 Å². The normalized spacial score (nSPS) is 17.3. The number of carbonyl (C=O) groups excluding carboxylic acids is 1. The molecule has 5 heteroatoms. The summed E-state index contributed by atoms with van der Waals surface area (Å²) in [7, 11) is 0. The summed E-state index contributed by atoms with van der Waals surface area (Å²) in [5.74, 6) is -0.860. The number of carboxylic acids is 1. The number of urea groups is 1. The van der Waals surface area contributed by atoms with Crippen molar-refractivity contribution in [2.45, 2.75) is 44.2 Å². The highest BCUT2D eigenvalue weighted by atomic mass is 16.4. The summed E-state index contributed by atoms with van der Waals surface area (Å²) in [6, 6.07) is 8.49. The first-order valence-electron chi connectivity index (χ1n) is 7.49. The van der Waals surface area contributed by atoms with Crippen molar-refractivity contribution < 1.29 is 14.7 Å². The summed E-state index contributed by atoms with van der Waals surface area (Å²) in [5.41, 5.74) is 2.60. The maximum Gasteiger partial charge on any atom is 0.317 e. The molecule has 0 unspecified atom stereocenters. The zero-order valence-electron chi connectivity index (χ0n) is 11.9. The Morgan fingerprint density at radius 2 is 1.81 bits per heavy atom. The fourth-order valence-electron chi connectivity index (χ4n) is 2.97. The minimum Gasteiger partial charge on any atom is -0.481 e. The van der Waals surface area contributed by atoms with Gasteiger partial charge < -0.3 is 15.3 Å². The number of nitrogens with one attached hydrogen (secondary N) is 1. The van der Waals surface area contributed by atoms with Crippen molar-refractivity contribution in [1.82, 2.24) is 10.2 Å². The average molecular weight is 288 g/mol. The van der Waals surface area contributed by atoms with E-state index >= 15 is 0 Å². The van der Waals surface area contributed by atoms with Crippen LogP contribution in [0.2, 0.25) is 0 Å². The Morgan fingerprint density at radius 3 is 2.33 bits per heavy atom. The number of rotatable bonds is 5. The average Bonchev–Trinajstić information content (AvgIpc) is 3.18. The second-order valence-electron chi connectivity index (χ2n) is 5.89. The maximum absolute atomic E-state index is 12.4. The molecule has 5 nitrogen and oxygen atoms in total. The molecule has 0 saturated heterocycles. The maximum atomic E-state index is 12.4. The predicted octanol–water partition coefficient (Wildman–Crippen LogP) is 1.80. The molecule has 0 heterocycles. The van der Waals surface area contributed by atoms with E-state index in [1.165, 1.54) is 11.1 Å². The van der Waals surface area contributed by atoms with E-state index in [2.05, 4.69) is 17.4 Å². The SMILES string of the molecule is O=C(O)CCN(C(=O)NC1Cc2ccccc2C1)C1CC1. The van der Waals surface area contributed by atoms with Crippen molar-refractivity contribution in [3.8, 4) is 0 Å². The molecule has 0 aliphatic heterocycles. The lowest BCUT2D eigenvalue weighted by atomic mass is 10.1. The van der Waals surface area contributed by atoms with Gasteiger partial charge in [0.2, 0.25) is 0 Å². The number of carbonyl (C=O) groups is 2. The number of aliphatic carboxylic acids is 1. The number of hydrogen-bond acceptors (Lipinski definition) is 2. The molecule has 0 aromatic heterocycles. The van der Waals surface area contributed by atoms with E-state index < -0.39 is 5.97 Å². The van der Waals surface area contributed by atoms with Crippen LogP contribution in [0, 0.1) is 0 Å². The summed E-state index contributed by atoms with van der Waals surface area (Å²) in [4.78, 5) is 24.8. The van der Waals surface area contributed by atoms with Crippen LogP contribution in [0.5, 0.6) is 0 Å². The monoisotopic (exact) mass is 288 g/mol. The highest BCUT2D eigenvalue weighted by molar-refractivity contribution is 5.76. The lowest BCUT2D eigenvalue weighted by Crippen LogP contribution is -2.46. The van der Waals surface area contributed by atoms with Crippen molar-refractivity contribution in [2.75, 3.05) is 6.54 Å². The van der Waals surface area contributed by atoms with Crippen molar-refractivity contribution in [1.29, 1.82) is 0 Å². The summed E-state index contributed by atoms with van der Waals surface area (Å²) >= 11 is 0. The summed E-state index contributed by atoms with van der Waals surface area (Å²) < 4.78 is 0. The van der Waals surface area contributed by atoms with Gasteiger partial charge in [0, 0.05) is 18.6 Å². The first-order valence-corrected chi connectivity index (χ1v) is 7.49. The highest BCUT2D eigenvalue weighted by Crippen LogP contribution is 2.28. The molecule has 1 aromatic rings. The van der Waals surface area contributed by atoms with Crippen LogP contribution in [0.1, 0.15) is 30.4 Å². The van der Waals surface area contributed by atoms with Crippen LogP contribution in [0.4, 0.5) is 4.79 Å². The van der Waals surface area contributed by atoms with Gasteiger partial charge in [-0.3, -0.25) is 4.79 Å². The molecule has 2 N–H and O–H groups in total. The number of nitrogens with zero attached hydrogens (tertiary/aromatic N) is 1. The van der Waals surface area contributed by atoms with E-state index in [1.54, 1.807) is 4.90 Å². The molecule has 0 bridgehead atoms. The van der Waals surface area contributed by atoms with Crippen molar-refractivity contribution in [2.24, 2.45) is 0 Å². The van der Waals surface area contributed by atoms with Crippen LogP contribution in [0.25, 0.3) is 0 Å². The summed E-state index contributed by atoms with van der Waals surface area (Å²) in [6.07, 6.45) is 3.70. The minimum absolute atomic E-state index is 0.00874. The zero-order chi connectivity index (χ0) is 14.8. The van der Waals surface area contributed by atoms with Crippen LogP contribution in [-0.4, -0.2) is 40.6 Å². The van der Waals surface area contributed by atoms with E-state index in [0.29, 0.717) is 6.54 Å². The molecule has 21 heavy (non-hydrogen) atoms. The van der Waals surface area contributed by atoms with Crippen LogP contribution in [-0.2, 0) is 17.6 Å². The van der Waals surface area contributed by atoms with Crippen LogP contribution >= 0.6 is 0 Å². The Kier molecular flexibility index (Phi) is 3.82. The Balaban J connectivity index is 1.57. The molecule has 2 aliphatic carbocycles. The first kappa shape index (κ1) is 13.9. The molecule has 0 radical (unpaired) electrons. The molecular weight excluding hydrogens is 268 g/mol. The van der Waals surface area contributed by atoms with Crippen molar-refractivity contribution in [3.63, 3.8) is 0 Å². The number of amides is 2. The number of benzene rings is 1. The van der Waals surface area contributed by atoms with Gasteiger partial charge in [-0.1, -0.05) is 24.3 Å². The van der Waals surface area contributed by atoms with Gasteiger partial charge in [0.25, 0.3) is 0 Å². The van der Waals surface area contributed by atoms with Gasteiger partial charge in [0.05, 0.1) is 6.42 Å². The molecule has 3 rings (SSSR count). The van der Waals surface area contributed by atoms with Gasteiger partial charge in [-0.25, -0.2) is 4.79 Å². The summed E-state index contributed by atoms with van der Waals surface area (Å²) in [5, 5.41) is 11.9. The molecule has 1 fully saturated rings. The molecule has 1 saturated carbocycles. The van der Waals surface area contributed by atoms with E-state index in [4.69, 9.17) is 5.11 Å². The Labute approximate surface area is 123 Å². The molecule has 0 atom stereocenters. The minimum atomic E-state index is -0.860. The second kappa shape index (κ2) is 5.76. The Hall–Kier alpha value is -2.04. The molecule has 112 valence electrons. The predicted molar refractivity (Wildman–Crippen MR) is 78.2 cm³/mol. The van der Waals surface area contributed by atoms with Crippen LogP contribution < -0.4 is 5.32 Å². The van der Waals surface area contributed by atoms with Crippen molar-refractivity contribution in [3.05, 3.63) is 35.4 Å². The molecule has 2 amide bonds. The first-order chi connectivity index (χ1) is 10.1.